The van der Waals surface area contributed by atoms with E-state index in [4.69, 9.17) is 0 Å². The van der Waals surface area contributed by atoms with Crippen LogP contribution in [0, 0.1) is 5.41 Å². The molecule has 6 heteroatoms. The van der Waals surface area contributed by atoms with E-state index in [9.17, 15) is 14.7 Å². The van der Waals surface area contributed by atoms with Gasteiger partial charge >= 0.3 is 0 Å². The number of nitrogens with one attached hydrogen (secondary N) is 2. The smallest absolute Gasteiger partial charge is 0.243 e. The normalized spacial score (nSPS) is 19.5. The van der Waals surface area contributed by atoms with Gasteiger partial charge in [0.05, 0.1) is 6.61 Å². The van der Waals surface area contributed by atoms with E-state index < -0.39 is 6.04 Å². The van der Waals surface area contributed by atoms with Gasteiger partial charge in [0, 0.05) is 24.6 Å². The lowest BCUT2D eigenvalue weighted by molar-refractivity contribution is -0.128. The number of hydrogen-bond acceptors (Lipinski definition) is 4. The third-order valence-corrected chi connectivity index (χ3v) is 4.13. The van der Waals surface area contributed by atoms with Crippen molar-refractivity contribution in [2.45, 2.75) is 45.1 Å². The molecular formula is C13H24N2O3S. The Hall–Kier alpha value is -0.750. The van der Waals surface area contributed by atoms with Crippen molar-refractivity contribution in [2.24, 2.45) is 5.41 Å². The molecule has 1 rings (SSSR count). The number of hydrogen-bond donors (Lipinski definition) is 4. The van der Waals surface area contributed by atoms with Crippen molar-refractivity contribution in [3.63, 3.8) is 0 Å². The van der Waals surface area contributed by atoms with Gasteiger partial charge in [-0.15, -0.1) is 0 Å². The first-order chi connectivity index (χ1) is 9.03. The summed E-state index contributed by atoms with van der Waals surface area (Å²) in [5.41, 5.74) is -0.189. The third kappa shape index (κ3) is 5.03. The lowest BCUT2D eigenvalue weighted by Gasteiger charge is -2.36. The van der Waals surface area contributed by atoms with E-state index >= 15 is 0 Å². The minimum atomic E-state index is -0.611. The summed E-state index contributed by atoms with van der Waals surface area (Å²) in [6.45, 7) is 1.94. The van der Waals surface area contributed by atoms with Crippen molar-refractivity contribution in [3.05, 3.63) is 0 Å². The molecule has 0 heterocycles. The molecule has 0 aromatic rings. The van der Waals surface area contributed by atoms with Crippen LogP contribution in [0.3, 0.4) is 0 Å². The Morgan fingerprint density at radius 2 is 1.95 bits per heavy atom. The highest BCUT2D eigenvalue weighted by Crippen LogP contribution is 2.35. The van der Waals surface area contributed by atoms with Gasteiger partial charge in [0.25, 0.3) is 0 Å². The molecule has 19 heavy (non-hydrogen) atoms. The molecule has 1 aliphatic carbocycles. The van der Waals surface area contributed by atoms with Crippen LogP contribution in [0.4, 0.5) is 0 Å². The molecule has 0 saturated heterocycles. The highest BCUT2D eigenvalue weighted by Gasteiger charge is 2.32. The second-order valence-electron chi connectivity index (χ2n) is 5.37. The highest BCUT2D eigenvalue weighted by atomic mass is 32.1. The Labute approximate surface area is 119 Å². The number of thiol groups is 1. The zero-order valence-corrected chi connectivity index (χ0v) is 12.3. The van der Waals surface area contributed by atoms with Crippen LogP contribution in [-0.2, 0) is 9.59 Å². The van der Waals surface area contributed by atoms with Gasteiger partial charge < -0.3 is 15.7 Å². The average Bonchev–Trinajstić information content (AvgIpc) is 2.43. The molecule has 5 nitrogen and oxygen atoms in total. The molecule has 1 atom stereocenters. The fourth-order valence-corrected chi connectivity index (χ4v) is 2.79. The van der Waals surface area contributed by atoms with Gasteiger partial charge in [0.15, 0.2) is 0 Å². The van der Waals surface area contributed by atoms with Gasteiger partial charge in [-0.1, -0.05) is 19.3 Å². The van der Waals surface area contributed by atoms with Crippen molar-refractivity contribution in [2.75, 3.05) is 18.9 Å². The van der Waals surface area contributed by atoms with Crippen LogP contribution in [0.2, 0.25) is 0 Å². The fourth-order valence-electron chi connectivity index (χ4n) is 2.53. The quantitative estimate of drug-likeness (QED) is 0.537. The lowest BCUT2D eigenvalue weighted by Crippen LogP contribution is -2.50. The summed E-state index contributed by atoms with van der Waals surface area (Å²) in [7, 11) is 0. The molecule has 1 unspecified atom stereocenters. The maximum absolute atomic E-state index is 12.0. The fraction of sp³-hybridized carbons (Fsp3) is 0.846. The van der Waals surface area contributed by atoms with Crippen LogP contribution in [0.15, 0.2) is 0 Å². The van der Waals surface area contributed by atoms with Crippen molar-refractivity contribution >= 4 is 24.4 Å². The van der Waals surface area contributed by atoms with Gasteiger partial charge in [-0.25, -0.2) is 0 Å². The van der Waals surface area contributed by atoms with Gasteiger partial charge in [-0.05, 0) is 12.8 Å². The maximum Gasteiger partial charge on any atom is 0.243 e. The van der Waals surface area contributed by atoms with Crippen molar-refractivity contribution in [3.8, 4) is 0 Å². The van der Waals surface area contributed by atoms with E-state index in [1.165, 1.54) is 13.3 Å². The summed E-state index contributed by atoms with van der Waals surface area (Å²) < 4.78 is 0. The highest BCUT2D eigenvalue weighted by molar-refractivity contribution is 7.80. The summed E-state index contributed by atoms with van der Waals surface area (Å²) in [5.74, 6) is -0.218. The Bertz CT molecular complexity index is 317. The number of rotatable bonds is 6. The first-order valence-electron chi connectivity index (χ1n) is 6.79. The van der Waals surface area contributed by atoms with Crippen molar-refractivity contribution in [1.82, 2.24) is 10.6 Å². The molecule has 0 bridgehead atoms. The number of carbonyl (C=O) groups excluding carboxylic acids is 2. The van der Waals surface area contributed by atoms with Crippen LogP contribution >= 0.6 is 12.6 Å². The summed E-state index contributed by atoms with van der Waals surface area (Å²) in [6.07, 6.45) is 5.27. The SMILES string of the molecule is CC(=O)NC(CS)C(=O)NCC1(CO)CCCCC1. The van der Waals surface area contributed by atoms with E-state index in [0.29, 0.717) is 6.54 Å². The third-order valence-electron chi connectivity index (χ3n) is 3.76. The second kappa shape index (κ2) is 7.75. The predicted molar refractivity (Wildman–Crippen MR) is 77.1 cm³/mol. The number of carbonyl (C=O) groups is 2. The van der Waals surface area contributed by atoms with Crippen LogP contribution in [0.25, 0.3) is 0 Å². The molecule has 110 valence electrons. The van der Waals surface area contributed by atoms with Gasteiger partial charge in [0.2, 0.25) is 11.8 Å². The second-order valence-corrected chi connectivity index (χ2v) is 5.74. The Kier molecular flexibility index (Phi) is 6.65. The summed E-state index contributed by atoms with van der Waals surface area (Å²) >= 11 is 4.07. The number of amides is 2. The van der Waals surface area contributed by atoms with Gasteiger partial charge in [-0.3, -0.25) is 9.59 Å². The number of aliphatic hydroxyl groups is 1. The minimum absolute atomic E-state index is 0.0962. The lowest BCUT2D eigenvalue weighted by atomic mass is 9.74. The van der Waals surface area contributed by atoms with E-state index in [0.717, 1.165) is 25.7 Å². The molecule has 0 aromatic carbocycles. The Balaban J connectivity index is 2.48. The zero-order valence-electron chi connectivity index (χ0n) is 11.4. The predicted octanol–water partition coefficient (Wildman–Crippen LogP) is 0.480. The largest absolute Gasteiger partial charge is 0.396 e. The standard InChI is InChI=1S/C13H24N2O3S/c1-10(17)15-11(7-19)12(18)14-8-13(9-16)5-3-2-4-6-13/h11,16,19H,2-9H2,1H3,(H,14,18)(H,15,17). The first kappa shape index (κ1) is 16.3. The van der Waals surface area contributed by atoms with Crippen molar-refractivity contribution < 1.29 is 14.7 Å². The zero-order chi connectivity index (χ0) is 14.3. The number of aliphatic hydroxyl groups excluding tert-OH is 1. The molecule has 1 saturated carbocycles. The molecule has 1 aliphatic rings. The molecule has 3 N–H and O–H groups in total. The van der Waals surface area contributed by atoms with E-state index in [1.807, 2.05) is 0 Å². The van der Waals surface area contributed by atoms with Crippen LogP contribution in [0.1, 0.15) is 39.0 Å². The van der Waals surface area contributed by atoms with E-state index in [2.05, 4.69) is 23.3 Å². The molecule has 0 aromatic heterocycles. The molecule has 0 spiro atoms. The molecule has 0 radical (unpaired) electrons. The average molecular weight is 288 g/mol. The minimum Gasteiger partial charge on any atom is -0.396 e. The van der Waals surface area contributed by atoms with Gasteiger partial charge in [-0.2, -0.15) is 12.6 Å². The first-order valence-corrected chi connectivity index (χ1v) is 7.43. The monoisotopic (exact) mass is 288 g/mol. The van der Waals surface area contributed by atoms with Crippen LogP contribution in [-0.4, -0.2) is 41.9 Å². The van der Waals surface area contributed by atoms with Gasteiger partial charge in [0.1, 0.15) is 6.04 Å². The molecule has 0 aliphatic heterocycles. The summed E-state index contributed by atoms with van der Waals surface area (Å²) in [4.78, 5) is 22.9. The summed E-state index contributed by atoms with van der Waals surface area (Å²) in [6, 6.07) is -0.611. The van der Waals surface area contributed by atoms with Crippen LogP contribution < -0.4 is 10.6 Å². The van der Waals surface area contributed by atoms with Crippen molar-refractivity contribution in [1.29, 1.82) is 0 Å². The Morgan fingerprint density at radius 1 is 1.32 bits per heavy atom. The topological polar surface area (TPSA) is 78.4 Å². The van der Waals surface area contributed by atoms with Crippen LogP contribution in [0.5, 0.6) is 0 Å². The summed E-state index contributed by atoms with van der Waals surface area (Å²) in [5, 5.41) is 15.0. The molecule has 1 fully saturated rings. The molecule has 2 amide bonds. The molecular weight excluding hydrogens is 264 g/mol. The maximum atomic E-state index is 12.0. The Morgan fingerprint density at radius 3 is 2.42 bits per heavy atom. The van der Waals surface area contributed by atoms with E-state index in [1.54, 1.807) is 0 Å². The van der Waals surface area contributed by atoms with E-state index in [-0.39, 0.29) is 29.6 Å².